The minimum absolute atomic E-state index is 0.752. The molecule has 0 amide bonds. The van der Waals surface area contributed by atoms with Gasteiger partial charge in [0, 0.05) is 18.8 Å². The number of nitrogens with one attached hydrogen (secondary N) is 1. The molecule has 0 aromatic heterocycles. The second-order valence-electron chi connectivity index (χ2n) is 6.30. The Bertz CT molecular complexity index is 487. The molecule has 0 unspecified atom stereocenters. The van der Waals surface area contributed by atoms with Crippen LogP contribution in [0.25, 0.3) is 6.08 Å². The van der Waals surface area contributed by atoms with E-state index in [1.165, 1.54) is 55.6 Å². The fraction of sp³-hybridized carbons (Fsp3) is 0.556. The van der Waals surface area contributed by atoms with Crippen molar-refractivity contribution in [1.82, 2.24) is 4.90 Å². The van der Waals surface area contributed by atoms with E-state index in [9.17, 15) is 0 Å². The predicted molar refractivity (Wildman–Crippen MR) is 90.5 cm³/mol. The molecule has 1 aromatic carbocycles. The number of nitrogens with zero attached hydrogens (tertiary/aromatic N) is 1. The molecule has 114 valence electrons. The molecule has 1 fully saturated rings. The summed E-state index contributed by atoms with van der Waals surface area (Å²) in [5, 5.41) is 3.57. The van der Waals surface area contributed by atoms with E-state index in [-0.39, 0.29) is 0 Å². The molecule has 2 aliphatic rings. The smallest absolute Gasteiger partial charge is 0.0346 e. The van der Waals surface area contributed by atoms with Crippen LogP contribution in [-0.4, -0.2) is 37.6 Å². The van der Waals surface area contributed by atoms with E-state index in [0.29, 0.717) is 0 Å². The Hall–Kier alpha value is -1.32. The zero-order chi connectivity index (χ0) is 14.5. The predicted octanol–water partition coefficient (Wildman–Crippen LogP) is 2.73. The summed E-state index contributed by atoms with van der Waals surface area (Å²) >= 11 is 0. The number of allylic oxidation sites excluding steroid dienone is 1. The normalized spacial score (nSPS) is 19.5. The summed E-state index contributed by atoms with van der Waals surface area (Å²) in [6, 6.07) is 6.78. The molecule has 1 saturated heterocycles. The van der Waals surface area contributed by atoms with Gasteiger partial charge in [-0.25, -0.2) is 0 Å². The van der Waals surface area contributed by atoms with Gasteiger partial charge in [-0.2, -0.15) is 0 Å². The van der Waals surface area contributed by atoms with E-state index in [1.54, 1.807) is 0 Å². The van der Waals surface area contributed by atoms with Crippen LogP contribution in [0.2, 0.25) is 0 Å². The van der Waals surface area contributed by atoms with Crippen molar-refractivity contribution in [3.63, 3.8) is 0 Å². The molecule has 3 nitrogen and oxygen atoms in total. The van der Waals surface area contributed by atoms with Crippen LogP contribution in [0, 0.1) is 5.92 Å². The highest BCUT2D eigenvalue weighted by Gasteiger charge is 2.17. The van der Waals surface area contributed by atoms with Gasteiger partial charge in [0.1, 0.15) is 0 Å². The lowest BCUT2D eigenvalue weighted by atomic mass is 9.97. The van der Waals surface area contributed by atoms with Gasteiger partial charge in [-0.15, -0.1) is 0 Å². The summed E-state index contributed by atoms with van der Waals surface area (Å²) < 4.78 is 0. The Morgan fingerprint density at radius 2 is 2.10 bits per heavy atom. The molecule has 0 atom stereocenters. The molecule has 1 aliphatic carbocycles. The molecule has 3 rings (SSSR count). The van der Waals surface area contributed by atoms with Gasteiger partial charge in [-0.3, -0.25) is 0 Å². The standard InChI is InChI=1S/C18H27N3/c19-14-15-7-10-21(11-8-15)12-9-20-18-6-5-16-3-1-2-4-17(16)13-18/h2,4-6,13,15,20H,1,3,7-12,14,19H2. The number of piperidine rings is 1. The first-order chi connectivity index (χ1) is 10.3. The van der Waals surface area contributed by atoms with Crippen LogP contribution in [0.1, 0.15) is 30.4 Å². The van der Waals surface area contributed by atoms with Crippen LogP contribution < -0.4 is 11.1 Å². The monoisotopic (exact) mass is 285 g/mol. The van der Waals surface area contributed by atoms with Crippen LogP contribution in [0.15, 0.2) is 24.3 Å². The Kier molecular flexibility index (Phi) is 4.94. The molecule has 3 N–H and O–H groups in total. The molecule has 0 saturated carbocycles. The average Bonchev–Trinajstić information content (AvgIpc) is 2.55. The van der Waals surface area contributed by atoms with E-state index < -0.39 is 0 Å². The van der Waals surface area contributed by atoms with E-state index in [2.05, 4.69) is 40.6 Å². The summed E-state index contributed by atoms with van der Waals surface area (Å²) in [6.07, 6.45) is 9.41. The molecule has 1 aliphatic heterocycles. The number of hydrogen-bond acceptors (Lipinski definition) is 3. The quantitative estimate of drug-likeness (QED) is 0.874. The number of likely N-dealkylation sites (tertiary alicyclic amines) is 1. The maximum atomic E-state index is 5.74. The summed E-state index contributed by atoms with van der Waals surface area (Å²) in [7, 11) is 0. The highest BCUT2D eigenvalue weighted by atomic mass is 15.1. The minimum Gasteiger partial charge on any atom is -0.384 e. The van der Waals surface area contributed by atoms with Gasteiger partial charge in [0.2, 0.25) is 0 Å². The molecule has 1 heterocycles. The summed E-state index contributed by atoms with van der Waals surface area (Å²) in [5.41, 5.74) is 9.85. The number of fused-ring (bicyclic) bond motifs is 1. The Labute approximate surface area is 128 Å². The summed E-state index contributed by atoms with van der Waals surface area (Å²) in [5.74, 6) is 0.752. The van der Waals surface area contributed by atoms with Crippen molar-refractivity contribution in [2.45, 2.75) is 25.7 Å². The van der Waals surface area contributed by atoms with Crippen LogP contribution in [0.5, 0.6) is 0 Å². The topological polar surface area (TPSA) is 41.3 Å². The summed E-state index contributed by atoms with van der Waals surface area (Å²) in [4.78, 5) is 2.55. The third-order valence-electron chi connectivity index (χ3n) is 4.82. The fourth-order valence-corrected chi connectivity index (χ4v) is 3.34. The van der Waals surface area contributed by atoms with Gasteiger partial charge in [0.25, 0.3) is 0 Å². The Morgan fingerprint density at radius 1 is 1.24 bits per heavy atom. The number of aryl methyl sites for hydroxylation is 1. The first-order valence-corrected chi connectivity index (χ1v) is 8.31. The molecule has 3 heteroatoms. The van der Waals surface area contributed by atoms with Gasteiger partial charge in [0.05, 0.1) is 0 Å². The number of hydrogen-bond donors (Lipinski definition) is 2. The highest BCUT2D eigenvalue weighted by molar-refractivity contribution is 5.62. The van der Waals surface area contributed by atoms with E-state index in [4.69, 9.17) is 5.73 Å². The molecular weight excluding hydrogens is 258 g/mol. The van der Waals surface area contributed by atoms with Crippen molar-refractivity contribution < 1.29 is 0 Å². The van der Waals surface area contributed by atoms with Crippen molar-refractivity contribution in [1.29, 1.82) is 0 Å². The lowest BCUT2D eigenvalue weighted by Gasteiger charge is -2.31. The fourth-order valence-electron chi connectivity index (χ4n) is 3.34. The van der Waals surface area contributed by atoms with Crippen LogP contribution >= 0.6 is 0 Å². The van der Waals surface area contributed by atoms with Crippen molar-refractivity contribution in [3.05, 3.63) is 35.4 Å². The van der Waals surface area contributed by atoms with Crippen LogP contribution in [0.4, 0.5) is 5.69 Å². The zero-order valence-electron chi connectivity index (χ0n) is 12.9. The first-order valence-electron chi connectivity index (χ1n) is 8.31. The number of rotatable bonds is 5. The van der Waals surface area contributed by atoms with Gasteiger partial charge in [0.15, 0.2) is 0 Å². The third-order valence-corrected chi connectivity index (χ3v) is 4.82. The van der Waals surface area contributed by atoms with Crippen molar-refractivity contribution in [3.8, 4) is 0 Å². The molecule has 0 radical (unpaired) electrons. The second kappa shape index (κ2) is 7.10. The maximum absolute atomic E-state index is 5.74. The highest BCUT2D eigenvalue weighted by Crippen LogP contribution is 2.22. The van der Waals surface area contributed by atoms with E-state index >= 15 is 0 Å². The van der Waals surface area contributed by atoms with Crippen molar-refractivity contribution in [2.24, 2.45) is 11.7 Å². The van der Waals surface area contributed by atoms with Crippen molar-refractivity contribution >= 4 is 11.8 Å². The van der Waals surface area contributed by atoms with E-state index in [0.717, 1.165) is 25.6 Å². The van der Waals surface area contributed by atoms with Gasteiger partial charge in [-0.1, -0.05) is 18.2 Å². The van der Waals surface area contributed by atoms with Gasteiger partial charge >= 0.3 is 0 Å². The van der Waals surface area contributed by atoms with Crippen molar-refractivity contribution in [2.75, 3.05) is 38.0 Å². The number of anilines is 1. The SMILES string of the molecule is NCC1CCN(CCNc2ccc3c(c2)C=CCC3)CC1. The molecule has 1 aromatic rings. The molecule has 0 bridgehead atoms. The van der Waals surface area contributed by atoms with E-state index in [1.807, 2.05) is 0 Å². The zero-order valence-corrected chi connectivity index (χ0v) is 12.9. The maximum Gasteiger partial charge on any atom is 0.0346 e. The number of benzene rings is 1. The van der Waals surface area contributed by atoms with Gasteiger partial charge < -0.3 is 16.0 Å². The average molecular weight is 285 g/mol. The largest absolute Gasteiger partial charge is 0.384 e. The Morgan fingerprint density at radius 3 is 2.90 bits per heavy atom. The van der Waals surface area contributed by atoms with Gasteiger partial charge in [-0.05, 0) is 74.5 Å². The molecular formula is C18H27N3. The first kappa shape index (κ1) is 14.6. The third kappa shape index (κ3) is 3.86. The number of nitrogens with two attached hydrogens (primary N) is 1. The van der Waals surface area contributed by atoms with Crippen LogP contribution in [0.3, 0.4) is 0 Å². The molecule has 0 spiro atoms. The Balaban J connectivity index is 1.45. The second-order valence-corrected chi connectivity index (χ2v) is 6.30. The lowest BCUT2D eigenvalue weighted by Crippen LogP contribution is -2.38. The minimum atomic E-state index is 0.752. The molecule has 21 heavy (non-hydrogen) atoms. The summed E-state index contributed by atoms with van der Waals surface area (Å²) in [6.45, 7) is 5.42. The van der Waals surface area contributed by atoms with Crippen LogP contribution in [-0.2, 0) is 6.42 Å². The lowest BCUT2D eigenvalue weighted by molar-refractivity contribution is 0.193.